The molecule has 44 heavy (non-hydrogen) atoms. The Morgan fingerprint density at radius 3 is 2.61 bits per heavy atom. The second-order valence-corrected chi connectivity index (χ2v) is 12.7. The summed E-state index contributed by atoms with van der Waals surface area (Å²) in [5, 5.41) is 15.6. The monoisotopic (exact) mass is 615 g/mol. The molecule has 1 N–H and O–H groups in total. The first-order valence-electron chi connectivity index (χ1n) is 14.6. The third-order valence-corrected chi connectivity index (χ3v) is 9.72. The Morgan fingerprint density at radius 1 is 0.909 bits per heavy atom. The van der Waals surface area contributed by atoms with Gasteiger partial charge in [0.05, 0.1) is 30.8 Å². The van der Waals surface area contributed by atoms with Crippen molar-refractivity contribution in [3.05, 3.63) is 102 Å². The van der Waals surface area contributed by atoms with Gasteiger partial charge in [0.25, 0.3) is 0 Å². The summed E-state index contributed by atoms with van der Waals surface area (Å²) in [6.45, 7) is 6.00. The predicted molar refractivity (Wildman–Crippen MR) is 176 cm³/mol. The fraction of sp³-hybridized carbons (Fsp3) is 0.176. The number of nitrogens with zero attached hydrogens (tertiary/aromatic N) is 6. The molecule has 1 aliphatic heterocycles. The van der Waals surface area contributed by atoms with Gasteiger partial charge in [-0.25, -0.2) is 9.97 Å². The molecule has 5 heterocycles. The summed E-state index contributed by atoms with van der Waals surface area (Å²) in [4.78, 5) is 17.0. The molecule has 0 saturated carbocycles. The van der Waals surface area contributed by atoms with Crippen LogP contribution in [0.15, 0.2) is 101 Å². The summed E-state index contributed by atoms with van der Waals surface area (Å²) in [6, 6.07) is 27.2. The molecule has 1 fully saturated rings. The second kappa shape index (κ2) is 11.6. The topological polar surface area (TPSA) is 84.8 Å². The number of morpholine rings is 1. The van der Waals surface area contributed by atoms with Gasteiger partial charge in [0.2, 0.25) is 5.16 Å². The van der Waals surface area contributed by atoms with E-state index < -0.39 is 0 Å². The molecule has 10 heteroatoms. The molecule has 7 aromatic rings. The van der Waals surface area contributed by atoms with E-state index in [9.17, 15) is 0 Å². The highest BCUT2D eigenvalue weighted by Gasteiger charge is 2.24. The zero-order chi connectivity index (χ0) is 29.5. The first-order valence-corrected chi connectivity index (χ1v) is 16.3. The number of nitrogens with one attached hydrogen (secondary N) is 1. The molecule has 4 aromatic heterocycles. The predicted octanol–water partition coefficient (Wildman–Crippen LogP) is 7.38. The first kappa shape index (κ1) is 27.2. The molecule has 8 rings (SSSR count). The molecule has 0 bridgehead atoms. The van der Waals surface area contributed by atoms with Gasteiger partial charge in [-0.3, -0.25) is 9.47 Å². The maximum absolute atomic E-state index is 5.58. The Morgan fingerprint density at radius 2 is 1.75 bits per heavy atom. The van der Waals surface area contributed by atoms with Crippen molar-refractivity contribution in [1.82, 2.24) is 34.6 Å². The van der Waals surface area contributed by atoms with Crippen LogP contribution in [0.5, 0.6) is 0 Å². The van der Waals surface area contributed by atoms with E-state index in [-0.39, 0.29) is 0 Å². The van der Waals surface area contributed by atoms with Crippen molar-refractivity contribution in [2.75, 3.05) is 26.3 Å². The molecule has 0 amide bonds. The Balaban J connectivity index is 1.30. The minimum Gasteiger partial charge on any atom is -0.379 e. The van der Waals surface area contributed by atoms with Crippen LogP contribution < -0.4 is 0 Å². The van der Waals surface area contributed by atoms with E-state index in [4.69, 9.17) is 24.9 Å². The van der Waals surface area contributed by atoms with Crippen molar-refractivity contribution in [1.29, 1.82) is 0 Å². The lowest BCUT2D eigenvalue weighted by Gasteiger charge is -2.25. The van der Waals surface area contributed by atoms with Gasteiger partial charge in [-0.2, -0.15) is 0 Å². The molecule has 218 valence electrons. The van der Waals surface area contributed by atoms with E-state index in [1.807, 2.05) is 18.3 Å². The lowest BCUT2D eigenvalue weighted by Crippen LogP contribution is -2.36. The highest BCUT2D eigenvalue weighted by Crippen LogP contribution is 2.42. The van der Waals surface area contributed by atoms with Crippen molar-refractivity contribution < 1.29 is 4.74 Å². The van der Waals surface area contributed by atoms with Gasteiger partial charge in [0.1, 0.15) is 15.7 Å². The standard InChI is InChI=1S/C34H29N7OS2/c1-22-8-7-11-24(18-22)41-31(26-19-35-28-13-6-5-12-25(26)28)38-39-34(41)44-33-30-27(23-9-3-2-4-10-23)21-43-32(30)36-29(37-33)20-40-14-16-42-17-15-40/h2-13,18-19,21,35H,14-17,20H2,1H3. The molecule has 8 nitrogen and oxygen atoms in total. The lowest BCUT2D eigenvalue weighted by molar-refractivity contribution is 0.0330. The minimum absolute atomic E-state index is 0.677. The highest BCUT2D eigenvalue weighted by molar-refractivity contribution is 7.99. The Bertz CT molecular complexity index is 2090. The number of aryl methyl sites for hydroxylation is 1. The smallest absolute Gasteiger partial charge is 0.202 e. The van der Waals surface area contributed by atoms with Crippen LogP contribution in [0.4, 0.5) is 0 Å². The number of aromatic nitrogens is 6. The largest absolute Gasteiger partial charge is 0.379 e. The number of hydrogen-bond acceptors (Lipinski definition) is 8. The number of thiophene rings is 1. The zero-order valence-electron chi connectivity index (χ0n) is 24.1. The number of ether oxygens (including phenoxy) is 1. The third kappa shape index (κ3) is 5.09. The summed E-state index contributed by atoms with van der Waals surface area (Å²) >= 11 is 3.21. The summed E-state index contributed by atoms with van der Waals surface area (Å²) in [5.41, 5.74) is 6.51. The van der Waals surface area contributed by atoms with Gasteiger partial charge < -0.3 is 9.72 Å². The zero-order valence-corrected chi connectivity index (χ0v) is 25.7. The van der Waals surface area contributed by atoms with E-state index in [1.54, 1.807) is 23.1 Å². The molecule has 0 unspecified atom stereocenters. The van der Waals surface area contributed by atoms with Gasteiger partial charge in [-0.1, -0.05) is 60.7 Å². The molecule has 3 aromatic carbocycles. The van der Waals surface area contributed by atoms with Crippen LogP contribution in [0.1, 0.15) is 11.4 Å². The van der Waals surface area contributed by atoms with Crippen LogP contribution in [-0.4, -0.2) is 60.9 Å². The lowest BCUT2D eigenvalue weighted by atomic mass is 10.1. The number of benzene rings is 3. The first-order chi connectivity index (χ1) is 21.7. The maximum Gasteiger partial charge on any atom is 0.202 e. The van der Waals surface area contributed by atoms with Gasteiger partial charge in [-0.15, -0.1) is 21.5 Å². The van der Waals surface area contributed by atoms with Gasteiger partial charge in [-0.05, 0) is 48.0 Å². The van der Waals surface area contributed by atoms with E-state index >= 15 is 0 Å². The Hall–Kier alpha value is -4.35. The molecular weight excluding hydrogens is 587 g/mol. The van der Waals surface area contributed by atoms with Crippen LogP contribution in [0.3, 0.4) is 0 Å². The number of H-pyrrole nitrogens is 1. The van der Waals surface area contributed by atoms with Crippen LogP contribution >= 0.6 is 23.1 Å². The van der Waals surface area contributed by atoms with Crippen molar-refractivity contribution in [3.63, 3.8) is 0 Å². The van der Waals surface area contributed by atoms with E-state index in [0.717, 1.165) is 91.6 Å². The van der Waals surface area contributed by atoms with E-state index in [0.29, 0.717) is 6.54 Å². The van der Waals surface area contributed by atoms with Gasteiger partial charge in [0, 0.05) is 46.7 Å². The van der Waals surface area contributed by atoms with Gasteiger partial charge >= 0.3 is 0 Å². The average molecular weight is 616 g/mol. The van der Waals surface area contributed by atoms with Gasteiger partial charge in [0.15, 0.2) is 5.82 Å². The molecule has 0 spiro atoms. The highest BCUT2D eigenvalue weighted by atomic mass is 32.2. The maximum atomic E-state index is 5.58. The number of fused-ring (bicyclic) bond motifs is 2. The number of para-hydroxylation sites is 1. The van der Waals surface area contributed by atoms with E-state index in [2.05, 4.69) is 93.5 Å². The molecule has 1 saturated heterocycles. The van der Waals surface area contributed by atoms with Crippen molar-refractivity contribution in [3.8, 4) is 28.2 Å². The minimum atomic E-state index is 0.677. The van der Waals surface area contributed by atoms with Crippen molar-refractivity contribution in [2.24, 2.45) is 0 Å². The van der Waals surface area contributed by atoms with Crippen molar-refractivity contribution in [2.45, 2.75) is 23.7 Å². The number of rotatable bonds is 7. The Kier molecular flexibility index (Phi) is 7.19. The fourth-order valence-electron chi connectivity index (χ4n) is 5.74. The number of aromatic amines is 1. The quantitative estimate of drug-likeness (QED) is 0.187. The van der Waals surface area contributed by atoms with Crippen LogP contribution in [-0.2, 0) is 11.3 Å². The molecule has 1 aliphatic rings. The number of hydrogen-bond donors (Lipinski definition) is 1. The summed E-state index contributed by atoms with van der Waals surface area (Å²) in [6.07, 6.45) is 2.02. The summed E-state index contributed by atoms with van der Waals surface area (Å²) < 4.78 is 7.73. The summed E-state index contributed by atoms with van der Waals surface area (Å²) in [7, 11) is 0. The molecule has 0 aliphatic carbocycles. The van der Waals surface area contributed by atoms with E-state index in [1.165, 1.54) is 5.56 Å². The second-order valence-electron chi connectivity index (χ2n) is 10.9. The van der Waals surface area contributed by atoms with Crippen LogP contribution in [0.2, 0.25) is 0 Å². The molecular formula is C34H29N7OS2. The van der Waals surface area contributed by atoms with Crippen molar-refractivity contribution >= 4 is 44.2 Å². The van der Waals surface area contributed by atoms with Crippen LogP contribution in [0.25, 0.3) is 49.3 Å². The third-order valence-electron chi connectivity index (χ3n) is 7.91. The van der Waals surface area contributed by atoms with Crippen LogP contribution in [0, 0.1) is 6.92 Å². The SMILES string of the molecule is Cc1cccc(-n2c(Sc3nc(CN4CCOCC4)nc4scc(-c5ccccc5)c34)nnc2-c2c[nH]c3ccccc23)c1. The molecule has 0 radical (unpaired) electrons. The normalized spacial score (nSPS) is 14.1. The average Bonchev–Trinajstić information content (AvgIpc) is 3.79. The Labute approximate surface area is 262 Å². The molecule has 0 atom stereocenters. The summed E-state index contributed by atoms with van der Waals surface area (Å²) in [5.74, 6) is 1.59. The fourth-order valence-corrected chi connectivity index (χ4v) is 7.77.